The highest BCUT2D eigenvalue weighted by molar-refractivity contribution is 5.76. The molecule has 3 rings (SSSR count). The van der Waals surface area contributed by atoms with E-state index < -0.39 is 29.5 Å². The molecule has 2 aromatic rings. The van der Waals surface area contributed by atoms with Gasteiger partial charge in [-0.2, -0.15) is 4.39 Å². The zero-order valence-corrected chi connectivity index (χ0v) is 19.1. The van der Waals surface area contributed by atoms with Crippen LogP contribution in [0.2, 0.25) is 0 Å². The zero-order chi connectivity index (χ0) is 24.1. The Morgan fingerprint density at radius 1 is 1.24 bits per heavy atom. The van der Waals surface area contributed by atoms with Gasteiger partial charge in [0.1, 0.15) is 5.82 Å². The number of hydrogen-bond donors (Lipinski definition) is 1. The molecule has 0 heterocycles. The van der Waals surface area contributed by atoms with Crippen molar-refractivity contribution in [2.24, 2.45) is 5.73 Å². The minimum absolute atomic E-state index is 0.0288. The number of hydrogen-bond acceptors (Lipinski definition) is 4. The number of halogens is 3. The van der Waals surface area contributed by atoms with Crippen LogP contribution < -0.4 is 10.5 Å². The second kappa shape index (κ2) is 10.9. The summed E-state index contributed by atoms with van der Waals surface area (Å²) in [5.41, 5.74) is 8.07. The van der Waals surface area contributed by atoms with Crippen molar-refractivity contribution in [3.63, 3.8) is 0 Å². The highest BCUT2D eigenvalue weighted by Gasteiger charge is 2.31. The summed E-state index contributed by atoms with van der Waals surface area (Å²) in [7, 11) is 0. The third kappa shape index (κ3) is 5.77. The molecule has 1 atom stereocenters. The van der Waals surface area contributed by atoms with Crippen LogP contribution in [-0.2, 0) is 9.53 Å². The lowest BCUT2D eigenvalue weighted by molar-refractivity contribution is -0.143. The molecule has 1 saturated carbocycles. The van der Waals surface area contributed by atoms with Gasteiger partial charge < -0.3 is 15.2 Å². The summed E-state index contributed by atoms with van der Waals surface area (Å²) in [6.45, 7) is 7.34. The molecule has 178 valence electrons. The normalized spacial score (nSPS) is 14.1. The van der Waals surface area contributed by atoms with Gasteiger partial charge >= 0.3 is 5.97 Å². The molecule has 4 nitrogen and oxygen atoms in total. The molecular weight excluding hydrogens is 431 g/mol. The molecule has 2 aromatic carbocycles. The minimum atomic E-state index is -1.09. The van der Waals surface area contributed by atoms with Gasteiger partial charge in [-0.25, -0.2) is 8.78 Å². The first kappa shape index (κ1) is 24.8. The molecule has 0 aromatic heterocycles. The fourth-order valence-electron chi connectivity index (χ4n) is 3.90. The summed E-state index contributed by atoms with van der Waals surface area (Å²) in [4.78, 5) is 11.9. The molecule has 1 aliphatic carbocycles. The van der Waals surface area contributed by atoms with E-state index in [1.54, 1.807) is 26.0 Å². The van der Waals surface area contributed by atoms with Gasteiger partial charge in [0.25, 0.3) is 0 Å². The van der Waals surface area contributed by atoms with Crippen LogP contribution in [0.5, 0.6) is 5.75 Å². The Kier molecular flexibility index (Phi) is 8.19. The summed E-state index contributed by atoms with van der Waals surface area (Å²) in [6.07, 6.45) is 4.44. The van der Waals surface area contributed by atoms with Gasteiger partial charge in [0.15, 0.2) is 11.6 Å². The van der Waals surface area contributed by atoms with E-state index in [1.165, 1.54) is 6.07 Å². The first-order valence-electron chi connectivity index (χ1n) is 11.3. The summed E-state index contributed by atoms with van der Waals surface area (Å²) in [6, 6.07) is 3.31. The quantitative estimate of drug-likeness (QED) is 0.244. The standard InChI is InChI=1S/C26H30F3NO3/c1-4-6-7-10-33-26-23(15(3)11-20(27)25(26)29)17-12-18(16-8-9-16)24(28)19(13-17)21(30)14-22(31)32-5-2/h4,11-13,16,21H,1,5-10,14,30H2,2-3H3/t21-/m0/s1. The number of allylic oxidation sites excluding steroid dienone is 1. The fourth-order valence-corrected chi connectivity index (χ4v) is 3.90. The first-order chi connectivity index (χ1) is 15.8. The topological polar surface area (TPSA) is 61.5 Å². The predicted molar refractivity (Wildman–Crippen MR) is 122 cm³/mol. The van der Waals surface area contributed by atoms with Crippen LogP contribution in [0, 0.1) is 24.4 Å². The van der Waals surface area contributed by atoms with Crippen LogP contribution in [-0.4, -0.2) is 19.2 Å². The highest BCUT2D eigenvalue weighted by Crippen LogP contribution is 2.46. The molecule has 7 heteroatoms. The summed E-state index contributed by atoms with van der Waals surface area (Å²) < 4.78 is 55.0. The molecule has 0 amide bonds. The average Bonchev–Trinajstić information content (AvgIpc) is 3.60. The number of carbonyl (C=O) groups excluding carboxylic acids is 1. The van der Waals surface area contributed by atoms with Gasteiger partial charge in [0.2, 0.25) is 5.82 Å². The Hall–Kier alpha value is -2.80. The minimum Gasteiger partial charge on any atom is -0.490 e. The zero-order valence-electron chi connectivity index (χ0n) is 19.1. The monoisotopic (exact) mass is 461 g/mol. The number of carbonyl (C=O) groups is 1. The van der Waals surface area contributed by atoms with E-state index in [9.17, 15) is 13.6 Å². The lowest BCUT2D eigenvalue weighted by atomic mass is 9.90. The van der Waals surface area contributed by atoms with E-state index in [1.807, 2.05) is 0 Å². The van der Waals surface area contributed by atoms with Gasteiger partial charge in [-0.3, -0.25) is 4.79 Å². The van der Waals surface area contributed by atoms with Crippen LogP contribution in [0.3, 0.4) is 0 Å². The average molecular weight is 462 g/mol. The van der Waals surface area contributed by atoms with Crippen LogP contribution in [0.15, 0.2) is 30.9 Å². The number of unbranched alkanes of at least 4 members (excludes halogenated alkanes) is 1. The van der Waals surface area contributed by atoms with E-state index in [4.69, 9.17) is 15.2 Å². The Morgan fingerprint density at radius 3 is 2.61 bits per heavy atom. The van der Waals surface area contributed by atoms with Gasteiger partial charge in [0.05, 0.1) is 19.6 Å². The van der Waals surface area contributed by atoms with Gasteiger partial charge in [0, 0.05) is 17.2 Å². The molecule has 0 unspecified atom stereocenters. The molecule has 1 fully saturated rings. The number of nitrogens with two attached hydrogens (primary N) is 1. The maximum Gasteiger partial charge on any atom is 0.307 e. The molecule has 0 aliphatic heterocycles. The van der Waals surface area contributed by atoms with Crippen LogP contribution >= 0.6 is 0 Å². The van der Waals surface area contributed by atoms with E-state index >= 15 is 4.39 Å². The third-order valence-corrected chi connectivity index (χ3v) is 5.70. The van der Waals surface area contributed by atoms with Crippen molar-refractivity contribution in [2.75, 3.05) is 13.2 Å². The largest absolute Gasteiger partial charge is 0.490 e. The van der Waals surface area contributed by atoms with Crippen molar-refractivity contribution in [2.45, 2.75) is 57.9 Å². The van der Waals surface area contributed by atoms with Crippen LogP contribution in [0.4, 0.5) is 13.2 Å². The molecule has 0 radical (unpaired) electrons. The summed E-state index contributed by atoms with van der Waals surface area (Å²) in [5, 5.41) is 0. The molecular formula is C26H30F3NO3. The maximum absolute atomic E-state index is 15.4. The number of esters is 1. The van der Waals surface area contributed by atoms with Crippen molar-refractivity contribution in [1.82, 2.24) is 0 Å². The third-order valence-electron chi connectivity index (χ3n) is 5.70. The number of benzene rings is 2. The highest BCUT2D eigenvalue weighted by atomic mass is 19.2. The molecule has 33 heavy (non-hydrogen) atoms. The predicted octanol–water partition coefficient (Wildman–Crippen LogP) is 6.25. The molecule has 2 N–H and O–H groups in total. The summed E-state index contributed by atoms with van der Waals surface area (Å²) in [5.74, 6) is -3.29. The smallest absolute Gasteiger partial charge is 0.307 e. The van der Waals surface area contributed by atoms with E-state index in [2.05, 4.69) is 6.58 Å². The van der Waals surface area contributed by atoms with E-state index in [0.29, 0.717) is 35.1 Å². The lowest BCUT2D eigenvalue weighted by Gasteiger charge is -2.20. The van der Waals surface area contributed by atoms with Gasteiger partial charge in [-0.1, -0.05) is 6.08 Å². The Labute approximate surface area is 192 Å². The molecule has 0 bridgehead atoms. The molecule has 0 saturated heterocycles. The Balaban J connectivity index is 2.10. The number of aryl methyl sites for hydroxylation is 1. The summed E-state index contributed by atoms with van der Waals surface area (Å²) >= 11 is 0. The van der Waals surface area contributed by atoms with Crippen LogP contribution in [0.25, 0.3) is 11.1 Å². The van der Waals surface area contributed by atoms with Crippen molar-refractivity contribution in [3.05, 3.63) is 65.0 Å². The Bertz CT molecular complexity index is 1030. The number of rotatable bonds is 11. The maximum atomic E-state index is 15.4. The Morgan fingerprint density at radius 2 is 1.97 bits per heavy atom. The SMILES string of the molecule is C=CCCCOc1c(F)c(F)cc(C)c1-c1cc(C2CC2)c(F)c([C@@H](N)CC(=O)OCC)c1. The van der Waals surface area contributed by atoms with Crippen molar-refractivity contribution in [1.29, 1.82) is 0 Å². The van der Waals surface area contributed by atoms with Crippen molar-refractivity contribution >= 4 is 5.97 Å². The van der Waals surface area contributed by atoms with Crippen molar-refractivity contribution in [3.8, 4) is 16.9 Å². The first-order valence-corrected chi connectivity index (χ1v) is 11.3. The molecule has 0 spiro atoms. The molecule has 1 aliphatic rings. The fraction of sp³-hybridized carbons (Fsp3) is 0.423. The second-order valence-corrected chi connectivity index (χ2v) is 8.33. The second-order valence-electron chi connectivity index (χ2n) is 8.33. The van der Waals surface area contributed by atoms with Crippen LogP contribution in [0.1, 0.15) is 67.7 Å². The van der Waals surface area contributed by atoms with E-state index in [0.717, 1.165) is 18.9 Å². The van der Waals surface area contributed by atoms with E-state index in [-0.39, 0.29) is 36.9 Å². The van der Waals surface area contributed by atoms with Gasteiger partial charge in [-0.05, 0) is 80.3 Å². The lowest BCUT2D eigenvalue weighted by Crippen LogP contribution is -2.19. The number of ether oxygens (including phenoxy) is 2. The van der Waals surface area contributed by atoms with Crippen molar-refractivity contribution < 1.29 is 27.4 Å². The van der Waals surface area contributed by atoms with Gasteiger partial charge in [-0.15, -0.1) is 6.58 Å².